The molecule has 1 saturated heterocycles. The van der Waals surface area contributed by atoms with E-state index in [2.05, 4.69) is 20.6 Å². The van der Waals surface area contributed by atoms with Gasteiger partial charge in [0, 0.05) is 30.1 Å². The minimum absolute atomic E-state index is 0.102. The average Bonchev–Trinajstić information content (AvgIpc) is 3.09. The van der Waals surface area contributed by atoms with Crippen LogP contribution in [-0.2, 0) is 4.74 Å². The van der Waals surface area contributed by atoms with Gasteiger partial charge in [0.1, 0.15) is 5.69 Å². The highest BCUT2D eigenvalue weighted by Gasteiger charge is 2.17. The zero-order valence-electron chi connectivity index (χ0n) is 13.4. The molecule has 1 aromatic heterocycles. The van der Waals surface area contributed by atoms with Crippen LogP contribution in [0.25, 0.3) is 0 Å². The van der Waals surface area contributed by atoms with E-state index in [1.165, 1.54) is 0 Å². The van der Waals surface area contributed by atoms with Crippen LogP contribution in [-0.4, -0.2) is 35.1 Å². The van der Waals surface area contributed by atoms with E-state index in [1.807, 2.05) is 19.1 Å². The van der Waals surface area contributed by atoms with Crippen molar-refractivity contribution >= 4 is 29.1 Å². The van der Waals surface area contributed by atoms with Crippen molar-refractivity contribution in [2.75, 3.05) is 18.5 Å². The number of hydrogen-bond acceptors (Lipinski definition) is 5. The Morgan fingerprint density at radius 1 is 1.42 bits per heavy atom. The molecule has 0 radical (unpaired) electrons. The Kier molecular flexibility index (Phi) is 5.27. The second-order valence-electron chi connectivity index (χ2n) is 5.69. The number of anilines is 2. The molecule has 3 rings (SSSR count). The number of carbonyl (C=O) groups is 1. The van der Waals surface area contributed by atoms with Gasteiger partial charge in [0.15, 0.2) is 0 Å². The number of hydrogen-bond donors (Lipinski definition) is 2. The second kappa shape index (κ2) is 7.59. The zero-order valence-corrected chi connectivity index (χ0v) is 14.1. The number of rotatable bonds is 5. The van der Waals surface area contributed by atoms with E-state index >= 15 is 0 Å². The van der Waals surface area contributed by atoms with Crippen LogP contribution >= 0.6 is 11.6 Å². The molecule has 6 nitrogen and oxygen atoms in total. The van der Waals surface area contributed by atoms with E-state index in [0.717, 1.165) is 30.7 Å². The normalized spacial score (nSPS) is 16.8. The molecule has 1 atom stereocenters. The Hall–Kier alpha value is -2.18. The van der Waals surface area contributed by atoms with Crippen LogP contribution in [0.5, 0.6) is 0 Å². The number of aryl methyl sites for hydroxylation is 1. The predicted molar refractivity (Wildman–Crippen MR) is 92.8 cm³/mol. The van der Waals surface area contributed by atoms with Crippen molar-refractivity contribution in [3.63, 3.8) is 0 Å². The topological polar surface area (TPSA) is 76.1 Å². The predicted octanol–water partition coefficient (Wildman–Crippen LogP) is 3.09. The first-order chi connectivity index (χ1) is 11.6. The largest absolute Gasteiger partial charge is 0.376 e. The van der Waals surface area contributed by atoms with Gasteiger partial charge in [-0.3, -0.25) is 4.79 Å². The summed E-state index contributed by atoms with van der Waals surface area (Å²) in [6, 6.07) is 7.08. The highest BCUT2D eigenvalue weighted by Crippen LogP contribution is 2.22. The third kappa shape index (κ3) is 4.21. The van der Waals surface area contributed by atoms with Crippen molar-refractivity contribution < 1.29 is 9.53 Å². The number of halogens is 1. The Balaban J connectivity index is 1.65. The number of aromatic nitrogens is 2. The minimum atomic E-state index is -0.233. The van der Waals surface area contributed by atoms with Gasteiger partial charge >= 0.3 is 0 Å². The van der Waals surface area contributed by atoms with E-state index in [0.29, 0.717) is 23.2 Å². The number of ether oxygens (including phenoxy) is 1. The van der Waals surface area contributed by atoms with Gasteiger partial charge in [-0.1, -0.05) is 11.6 Å². The van der Waals surface area contributed by atoms with Crippen LogP contribution in [0.15, 0.2) is 30.5 Å². The summed E-state index contributed by atoms with van der Waals surface area (Å²) in [7, 11) is 0. The Morgan fingerprint density at radius 2 is 2.29 bits per heavy atom. The van der Waals surface area contributed by atoms with Gasteiger partial charge in [-0.15, -0.1) is 0 Å². The summed E-state index contributed by atoms with van der Waals surface area (Å²) in [5.74, 6) is 0.133. The van der Waals surface area contributed by atoms with Gasteiger partial charge in [0.25, 0.3) is 5.91 Å². The molecular formula is C17H19ClN4O2. The molecule has 1 aliphatic heterocycles. The molecule has 0 spiro atoms. The van der Waals surface area contributed by atoms with Gasteiger partial charge < -0.3 is 15.4 Å². The molecule has 126 valence electrons. The molecule has 1 aromatic carbocycles. The van der Waals surface area contributed by atoms with Crippen molar-refractivity contribution in [2.24, 2.45) is 0 Å². The number of nitrogens with zero attached hydrogens (tertiary/aromatic N) is 2. The van der Waals surface area contributed by atoms with E-state index in [4.69, 9.17) is 16.3 Å². The first kappa shape index (κ1) is 16.7. The van der Waals surface area contributed by atoms with Crippen LogP contribution in [0, 0.1) is 6.92 Å². The van der Waals surface area contributed by atoms with Gasteiger partial charge in [0.05, 0.1) is 6.10 Å². The third-order valence-corrected chi connectivity index (χ3v) is 4.07. The number of nitrogens with one attached hydrogen (secondary N) is 2. The fraction of sp³-hybridized carbons (Fsp3) is 0.353. The molecule has 0 bridgehead atoms. The molecule has 2 aromatic rings. The maximum absolute atomic E-state index is 12.2. The molecule has 1 amide bonds. The molecule has 2 heterocycles. The summed E-state index contributed by atoms with van der Waals surface area (Å²) in [5.41, 5.74) is 2.13. The third-order valence-electron chi connectivity index (χ3n) is 3.84. The Bertz CT molecular complexity index is 732. The molecule has 1 fully saturated rings. The summed E-state index contributed by atoms with van der Waals surface area (Å²) >= 11 is 5.95. The van der Waals surface area contributed by atoms with Crippen LogP contribution in [0.3, 0.4) is 0 Å². The summed E-state index contributed by atoms with van der Waals surface area (Å²) in [4.78, 5) is 20.6. The second-order valence-corrected chi connectivity index (χ2v) is 6.13. The van der Waals surface area contributed by atoms with Gasteiger partial charge in [-0.25, -0.2) is 9.97 Å². The maximum Gasteiger partial charge on any atom is 0.270 e. The summed E-state index contributed by atoms with van der Waals surface area (Å²) in [5, 5.41) is 6.63. The monoisotopic (exact) mass is 346 g/mol. The van der Waals surface area contributed by atoms with Crippen LogP contribution in [0.4, 0.5) is 11.6 Å². The van der Waals surface area contributed by atoms with Crippen molar-refractivity contribution in [1.29, 1.82) is 0 Å². The quantitative estimate of drug-likeness (QED) is 0.870. The van der Waals surface area contributed by atoms with Crippen molar-refractivity contribution in [3.05, 3.63) is 46.7 Å². The van der Waals surface area contributed by atoms with E-state index in [9.17, 15) is 4.79 Å². The number of benzene rings is 1. The zero-order chi connectivity index (χ0) is 16.9. The van der Waals surface area contributed by atoms with Crippen LogP contribution in [0.1, 0.15) is 28.9 Å². The van der Waals surface area contributed by atoms with Gasteiger partial charge in [-0.05, 0) is 49.6 Å². The minimum Gasteiger partial charge on any atom is -0.376 e. The van der Waals surface area contributed by atoms with Gasteiger partial charge in [0.2, 0.25) is 5.95 Å². The molecule has 0 saturated carbocycles. The van der Waals surface area contributed by atoms with E-state index in [1.54, 1.807) is 18.3 Å². The molecular weight excluding hydrogens is 328 g/mol. The summed E-state index contributed by atoms with van der Waals surface area (Å²) < 4.78 is 5.49. The number of carbonyl (C=O) groups excluding carboxylic acids is 1. The SMILES string of the molecule is Cc1cc(Cl)ccc1Nc1nccc(C(=O)NCC2CCCO2)n1. The van der Waals surface area contributed by atoms with Gasteiger partial charge in [-0.2, -0.15) is 0 Å². The molecule has 2 N–H and O–H groups in total. The first-order valence-electron chi connectivity index (χ1n) is 7.88. The average molecular weight is 347 g/mol. The lowest BCUT2D eigenvalue weighted by atomic mass is 10.2. The Labute approximate surface area is 145 Å². The molecule has 1 unspecified atom stereocenters. The van der Waals surface area contributed by atoms with Crippen LogP contribution in [0.2, 0.25) is 5.02 Å². The van der Waals surface area contributed by atoms with E-state index < -0.39 is 0 Å². The smallest absolute Gasteiger partial charge is 0.270 e. The lowest BCUT2D eigenvalue weighted by Gasteiger charge is -2.11. The highest BCUT2D eigenvalue weighted by atomic mass is 35.5. The van der Waals surface area contributed by atoms with Crippen molar-refractivity contribution in [1.82, 2.24) is 15.3 Å². The van der Waals surface area contributed by atoms with E-state index in [-0.39, 0.29) is 12.0 Å². The fourth-order valence-corrected chi connectivity index (χ4v) is 2.76. The lowest BCUT2D eigenvalue weighted by Crippen LogP contribution is -2.32. The Morgan fingerprint density at radius 3 is 3.04 bits per heavy atom. The summed E-state index contributed by atoms with van der Waals surface area (Å²) in [6.07, 6.45) is 3.68. The number of amides is 1. The standard InChI is InChI=1S/C17H19ClN4O2/c1-11-9-12(18)4-5-14(11)21-17-19-7-6-15(22-17)16(23)20-10-13-3-2-8-24-13/h4-7,9,13H,2-3,8,10H2,1H3,(H,20,23)(H,19,21,22). The molecule has 24 heavy (non-hydrogen) atoms. The molecule has 1 aliphatic rings. The highest BCUT2D eigenvalue weighted by molar-refractivity contribution is 6.30. The fourth-order valence-electron chi connectivity index (χ4n) is 2.54. The van der Waals surface area contributed by atoms with Crippen molar-refractivity contribution in [3.8, 4) is 0 Å². The molecule has 0 aliphatic carbocycles. The lowest BCUT2D eigenvalue weighted by molar-refractivity contribution is 0.0853. The molecule has 7 heteroatoms. The van der Waals surface area contributed by atoms with Crippen molar-refractivity contribution in [2.45, 2.75) is 25.9 Å². The first-order valence-corrected chi connectivity index (χ1v) is 8.25. The maximum atomic E-state index is 12.2. The summed E-state index contributed by atoms with van der Waals surface area (Å²) in [6.45, 7) is 3.21. The van der Waals surface area contributed by atoms with Crippen LogP contribution < -0.4 is 10.6 Å².